The van der Waals surface area contributed by atoms with Gasteiger partial charge in [-0.2, -0.15) is 0 Å². The van der Waals surface area contributed by atoms with Crippen LogP contribution in [0.4, 0.5) is 4.79 Å². The maximum absolute atomic E-state index is 11.0. The number of nitrogens with one attached hydrogen (secondary N) is 1. The fourth-order valence-corrected chi connectivity index (χ4v) is 0.619. The second kappa shape index (κ2) is 5.04. The third kappa shape index (κ3) is 4.69. The molecule has 0 radical (unpaired) electrons. The summed E-state index contributed by atoms with van der Waals surface area (Å²) < 4.78 is 4.78. The molecule has 0 spiro atoms. The minimum Gasteiger partial charge on any atom is -0.447 e. The first-order valence-corrected chi connectivity index (χ1v) is 4.14. The second-order valence-electron chi connectivity index (χ2n) is 3.46. The standard InChI is InChI=1S/C8H17NO4/c1-6(2)13-7(12)9-8(3,4-10)5-11/h6,10-11H,4-5H2,1-3H3,(H,9,12). The molecule has 0 unspecified atom stereocenters. The molecule has 0 atom stereocenters. The fourth-order valence-electron chi connectivity index (χ4n) is 0.619. The predicted octanol–water partition coefficient (Wildman–Crippen LogP) is -0.136. The molecule has 0 aliphatic heterocycles. The number of aliphatic hydroxyl groups excluding tert-OH is 2. The van der Waals surface area contributed by atoms with E-state index in [0.717, 1.165) is 0 Å². The molecule has 0 saturated carbocycles. The fraction of sp³-hybridized carbons (Fsp3) is 0.875. The molecule has 0 aromatic heterocycles. The SMILES string of the molecule is CC(C)OC(=O)NC(C)(CO)CO. The monoisotopic (exact) mass is 191 g/mol. The highest BCUT2D eigenvalue weighted by Gasteiger charge is 2.25. The summed E-state index contributed by atoms with van der Waals surface area (Å²) in [5, 5.41) is 20.0. The lowest BCUT2D eigenvalue weighted by atomic mass is 10.1. The first-order chi connectivity index (χ1) is 5.93. The number of carbonyl (C=O) groups excluding carboxylic acids is 1. The largest absolute Gasteiger partial charge is 0.447 e. The zero-order chi connectivity index (χ0) is 10.5. The Bertz CT molecular complexity index is 166. The van der Waals surface area contributed by atoms with Crippen molar-refractivity contribution in [2.24, 2.45) is 0 Å². The molecule has 0 aromatic carbocycles. The molecule has 1 amide bonds. The van der Waals surface area contributed by atoms with Crippen LogP contribution in [0.3, 0.4) is 0 Å². The molecule has 0 aromatic rings. The molecule has 0 aliphatic rings. The Kier molecular flexibility index (Phi) is 4.72. The van der Waals surface area contributed by atoms with E-state index in [1.165, 1.54) is 6.92 Å². The molecule has 5 heteroatoms. The summed E-state index contributed by atoms with van der Waals surface area (Å²) >= 11 is 0. The van der Waals surface area contributed by atoms with Crippen LogP contribution in [-0.4, -0.2) is 41.2 Å². The lowest BCUT2D eigenvalue weighted by molar-refractivity contribution is 0.0716. The summed E-state index contributed by atoms with van der Waals surface area (Å²) in [7, 11) is 0. The van der Waals surface area contributed by atoms with Gasteiger partial charge in [0.2, 0.25) is 0 Å². The van der Waals surface area contributed by atoms with E-state index in [9.17, 15) is 4.79 Å². The van der Waals surface area contributed by atoms with Gasteiger partial charge in [-0.3, -0.25) is 0 Å². The van der Waals surface area contributed by atoms with Gasteiger partial charge in [0.25, 0.3) is 0 Å². The van der Waals surface area contributed by atoms with Gasteiger partial charge in [-0.25, -0.2) is 4.79 Å². The average molecular weight is 191 g/mol. The summed E-state index contributed by atoms with van der Waals surface area (Å²) in [4.78, 5) is 11.0. The van der Waals surface area contributed by atoms with Crippen molar-refractivity contribution >= 4 is 6.09 Å². The Hall–Kier alpha value is -0.810. The maximum Gasteiger partial charge on any atom is 0.407 e. The summed E-state index contributed by atoms with van der Waals surface area (Å²) in [6, 6.07) is 0. The first kappa shape index (κ1) is 12.2. The lowest BCUT2D eigenvalue weighted by Gasteiger charge is -2.26. The Labute approximate surface area is 77.7 Å². The molecule has 0 aliphatic carbocycles. The van der Waals surface area contributed by atoms with Crippen LogP contribution in [0.25, 0.3) is 0 Å². The minimum atomic E-state index is -1.02. The predicted molar refractivity (Wildman–Crippen MR) is 47.3 cm³/mol. The number of alkyl carbamates (subject to hydrolysis) is 1. The van der Waals surface area contributed by atoms with Crippen molar-refractivity contribution in [3.63, 3.8) is 0 Å². The van der Waals surface area contributed by atoms with Crippen molar-refractivity contribution in [2.45, 2.75) is 32.4 Å². The van der Waals surface area contributed by atoms with Gasteiger partial charge in [0.05, 0.1) is 24.9 Å². The van der Waals surface area contributed by atoms with Gasteiger partial charge in [-0.15, -0.1) is 0 Å². The van der Waals surface area contributed by atoms with Crippen molar-refractivity contribution in [2.75, 3.05) is 13.2 Å². The van der Waals surface area contributed by atoms with Crippen molar-refractivity contribution in [1.29, 1.82) is 0 Å². The highest BCUT2D eigenvalue weighted by atomic mass is 16.6. The van der Waals surface area contributed by atoms with Gasteiger partial charge >= 0.3 is 6.09 Å². The Morgan fingerprint density at radius 3 is 2.23 bits per heavy atom. The van der Waals surface area contributed by atoms with Gasteiger partial charge in [0, 0.05) is 0 Å². The highest BCUT2D eigenvalue weighted by molar-refractivity contribution is 5.68. The molecule has 0 heterocycles. The van der Waals surface area contributed by atoms with E-state index in [2.05, 4.69) is 5.32 Å². The lowest BCUT2D eigenvalue weighted by Crippen LogP contribution is -2.52. The van der Waals surface area contributed by atoms with Gasteiger partial charge in [0.1, 0.15) is 0 Å². The van der Waals surface area contributed by atoms with Crippen LogP contribution in [0.5, 0.6) is 0 Å². The minimum absolute atomic E-state index is 0.221. The van der Waals surface area contributed by atoms with E-state index in [0.29, 0.717) is 0 Å². The second-order valence-corrected chi connectivity index (χ2v) is 3.46. The van der Waals surface area contributed by atoms with Crippen molar-refractivity contribution in [1.82, 2.24) is 5.32 Å². The van der Waals surface area contributed by atoms with Gasteiger partial charge in [0.15, 0.2) is 0 Å². The number of carbonyl (C=O) groups is 1. The number of ether oxygens (including phenoxy) is 1. The first-order valence-electron chi connectivity index (χ1n) is 4.14. The molecule has 0 bridgehead atoms. The molecule has 5 nitrogen and oxygen atoms in total. The Morgan fingerprint density at radius 1 is 1.46 bits per heavy atom. The summed E-state index contributed by atoms with van der Waals surface area (Å²) in [6.07, 6.45) is -0.859. The van der Waals surface area contributed by atoms with Crippen LogP contribution in [0.15, 0.2) is 0 Å². The Morgan fingerprint density at radius 2 is 1.92 bits per heavy atom. The zero-order valence-corrected chi connectivity index (χ0v) is 8.20. The molecule has 13 heavy (non-hydrogen) atoms. The van der Waals surface area contributed by atoms with Crippen LogP contribution in [0.2, 0.25) is 0 Å². The topological polar surface area (TPSA) is 78.8 Å². The quantitative estimate of drug-likeness (QED) is 0.578. The number of aliphatic hydroxyl groups is 2. The van der Waals surface area contributed by atoms with Crippen LogP contribution in [-0.2, 0) is 4.74 Å². The zero-order valence-electron chi connectivity index (χ0n) is 8.20. The van der Waals surface area contributed by atoms with Crippen molar-refractivity contribution in [3.05, 3.63) is 0 Å². The van der Waals surface area contributed by atoms with Gasteiger partial charge < -0.3 is 20.3 Å². The molecule has 0 rings (SSSR count). The molecule has 3 N–H and O–H groups in total. The average Bonchev–Trinajstić information content (AvgIpc) is 2.02. The van der Waals surface area contributed by atoms with Crippen molar-refractivity contribution < 1.29 is 19.7 Å². The van der Waals surface area contributed by atoms with Crippen LogP contribution >= 0.6 is 0 Å². The van der Waals surface area contributed by atoms with Crippen LogP contribution in [0, 0.1) is 0 Å². The molecule has 0 fully saturated rings. The highest BCUT2D eigenvalue weighted by Crippen LogP contribution is 2.01. The van der Waals surface area contributed by atoms with E-state index < -0.39 is 11.6 Å². The van der Waals surface area contributed by atoms with Crippen LogP contribution in [0.1, 0.15) is 20.8 Å². The normalized spacial score (nSPS) is 11.5. The van der Waals surface area contributed by atoms with Gasteiger partial charge in [-0.1, -0.05) is 0 Å². The number of amides is 1. The molecular formula is C8H17NO4. The van der Waals surface area contributed by atoms with E-state index in [4.69, 9.17) is 14.9 Å². The number of hydrogen-bond acceptors (Lipinski definition) is 4. The number of rotatable bonds is 4. The van der Waals surface area contributed by atoms with E-state index in [1.807, 2.05) is 0 Å². The summed E-state index contributed by atoms with van der Waals surface area (Å²) in [6.45, 7) is 4.28. The third-order valence-electron chi connectivity index (χ3n) is 1.44. The van der Waals surface area contributed by atoms with E-state index in [-0.39, 0.29) is 19.3 Å². The van der Waals surface area contributed by atoms with E-state index >= 15 is 0 Å². The number of hydrogen-bond donors (Lipinski definition) is 3. The van der Waals surface area contributed by atoms with Gasteiger partial charge in [-0.05, 0) is 20.8 Å². The van der Waals surface area contributed by atoms with Crippen LogP contribution < -0.4 is 5.32 Å². The third-order valence-corrected chi connectivity index (χ3v) is 1.44. The van der Waals surface area contributed by atoms with E-state index in [1.54, 1.807) is 13.8 Å². The Balaban J connectivity index is 4.02. The molecule has 78 valence electrons. The summed E-state index contributed by atoms with van der Waals surface area (Å²) in [5.41, 5.74) is -1.02. The molecule has 0 saturated heterocycles. The summed E-state index contributed by atoms with van der Waals surface area (Å²) in [5.74, 6) is 0. The molecular weight excluding hydrogens is 174 g/mol. The maximum atomic E-state index is 11.0. The van der Waals surface area contributed by atoms with Crippen molar-refractivity contribution in [3.8, 4) is 0 Å². The smallest absolute Gasteiger partial charge is 0.407 e.